The van der Waals surface area contributed by atoms with Crippen LogP contribution in [-0.2, 0) is 9.53 Å². The van der Waals surface area contributed by atoms with Gasteiger partial charge in [-0.05, 0) is 60.0 Å². The molecule has 2 aromatic carbocycles. The lowest BCUT2D eigenvalue weighted by molar-refractivity contribution is -0.134. The topological polar surface area (TPSA) is 54.0 Å². The maximum absolute atomic E-state index is 11.6. The van der Waals surface area contributed by atoms with Gasteiger partial charge in [0.2, 0.25) is 5.75 Å². The van der Waals surface area contributed by atoms with Crippen molar-refractivity contribution in [2.75, 3.05) is 21.3 Å². The van der Waals surface area contributed by atoms with Gasteiger partial charge in [0.15, 0.2) is 11.5 Å². The molecule has 0 heterocycles. The minimum absolute atomic E-state index is 0.357. The summed E-state index contributed by atoms with van der Waals surface area (Å²) in [5, 5.41) is 0. The minimum Gasteiger partial charge on any atom is -0.493 e. The summed E-state index contributed by atoms with van der Waals surface area (Å²) >= 11 is 4.46. The molecule has 0 saturated carbocycles. The van der Waals surface area contributed by atoms with Crippen LogP contribution >= 0.6 is 12.6 Å². The molecule has 1 aliphatic rings. The summed E-state index contributed by atoms with van der Waals surface area (Å²) in [6.07, 6.45) is 2.00. The first-order valence-electron chi connectivity index (χ1n) is 8.64. The highest BCUT2D eigenvalue weighted by atomic mass is 32.1. The van der Waals surface area contributed by atoms with Crippen LogP contribution in [0.3, 0.4) is 0 Å². The van der Waals surface area contributed by atoms with Crippen molar-refractivity contribution >= 4 is 36.0 Å². The van der Waals surface area contributed by atoms with E-state index in [1.165, 1.54) is 6.92 Å². The Bertz CT molecular complexity index is 979. The minimum atomic E-state index is -0.357. The van der Waals surface area contributed by atoms with Gasteiger partial charge in [-0.3, -0.25) is 4.79 Å². The average Bonchev–Trinajstić information content (AvgIpc) is 2.91. The van der Waals surface area contributed by atoms with Crippen molar-refractivity contribution in [3.05, 3.63) is 52.6 Å². The highest BCUT2D eigenvalue weighted by Gasteiger charge is 2.26. The Morgan fingerprint density at radius 3 is 2.14 bits per heavy atom. The van der Waals surface area contributed by atoms with E-state index in [9.17, 15) is 4.79 Å². The van der Waals surface area contributed by atoms with Crippen molar-refractivity contribution in [3.8, 4) is 17.2 Å². The second kappa shape index (κ2) is 8.02. The van der Waals surface area contributed by atoms with E-state index in [0.717, 1.165) is 32.7 Å². The second-order valence-corrected chi connectivity index (χ2v) is 6.81. The van der Waals surface area contributed by atoms with E-state index in [2.05, 4.69) is 12.6 Å². The molecule has 0 unspecified atom stereocenters. The molecule has 146 valence electrons. The van der Waals surface area contributed by atoms with E-state index in [0.29, 0.717) is 23.0 Å². The average molecular weight is 398 g/mol. The number of thiol groups is 1. The van der Waals surface area contributed by atoms with E-state index < -0.39 is 0 Å². The summed E-state index contributed by atoms with van der Waals surface area (Å²) in [4.78, 5) is 12.4. The predicted octanol–water partition coefficient (Wildman–Crippen LogP) is 4.85. The fourth-order valence-electron chi connectivity index (χ4n) is 3.29. The predicted molar refractivity (Wildman–Crippen MR) is 112 cm³/mol. The van der Waals surface area contributed by atoms with E-state index in [1.807, 2.05) is 43.3 Å². The van der Waals surface area contributed by atoms with E-state index >= 15 is 0 Å². The third-order valence-corrected chi connectivity index (χ3v) is 4.80. The Morgan fingerprint density at radius 2 is 1.61 bits per heavy atom. The monoisotopic (exact) mass is 398 g/mol. The maximum Gasteiger partial charge on any atom is 0.308 e. The van der Waals surface area contributed by atoms with E-state index in [1.54, 1.807) is 21.3 Å². The number of carbonyl (C=O) groups is 1. The first-order chi connectivity index (χ1) is 13.4. The van der Waals surface area contributed by atoms with Crippen molar-refractivity contribution in [2.24, 2.45) is 0 Å². The molecule has 0 aromatic heterocycles. The third kappa shape index (κ3) is 3.60. The lowest BCUT2D eigenvalue weighted by atomic mass is 10.0. The number of allylic oxidation sites excluding steroid dienone is 2. The molecule has 3 rings (SSSR count). The molecule has 0 atom stereocenters. The standard InChI is InChI=1S/C22H22O5S/c1-12-17(8-14-9-19(24-3)22(26-5)20(10-14)25-4)18-11-15(28)6-7-16(18)21(12)27-13(2)23/h6-11,28H,1-5H3. The van der Waals surface area contributed by atoms with Gasteiger partial charge in [0, 0.05) is 23.0 Å². The van der Waals surface area contributed by atoms with Crippen LogP contribution in [0.1, 0.15) is 30.5 Å². The number of rotatable bonds is 5. The molecule has 0 bridgehead atoms. The molecule has 0 saturated heterocycles. The maximum atomic E-state index is 11.6. The van der Waals surface area contributed by atoms with E-state index in [-0.39, 0.29) is 5.97 Å². The summed E-state index contributed by atoms with van der Waals surface area (Å²) < 4.78 is 21.8. The quantitative estimate of drug-likeness (QED) is 0.576. The summed E-state index contributed by atoms with van der Waals surface area (Å²) in [7, 11) is 4.73. The number of benzene rings is 2. The van der Waals surface area contributed by atoms with Gasteiger partial charge in [-0.2, -0.15) is 0 Å². The molecule has 1 aliphatic carbocycles. The largest absolute Gasteiger partial charge is 0.493 e. The first kappa shape index (κ1) is 19.9. The molecule has 6 heteroatoms. The number of ether oxygens (including phenoxy) is 4. The molecule has 0 aliphatic heterocycles. The van der Waals surface area contributed by atoms with Crippen molar-refractivity contribution in [1.29, 1.82) is 0 Å². The zero-order chi connectivity index (χ0) is 20.4. The van der Waals surface area contributed by atoms with Crippen molar-refractivity contribution in [3.63, 3.8) is 0 Å². The Kier molecular flexibility index (Phi) is 5.70. The fourth-order valence-corrected chi connectivity index (χ4v) is 3.50. The van der Waals surface area contributed by atoms with Gasteiger partial charge in [0.1, 0.15) is 5.76 Å². The van der Waals surface area contributed by atoms with Gasteiger partial charge >= 0.3 is 5.97 Å². The molecular formula is C22H22O5S. The summed E-state index contributed by atoms with van der Waals surface area (Å²) in [6, 6.07) is 9.49. The van der Waals surface area contributed by atoms with Crippen LogP contribution in [-0.4, -0.2) is 27.3 Å². The fraction of sp³-hybridized carbons (Fsp3) is 0.227. The number of esters is 1. The highest BCUT2D eigenvalue weighted by Crippen LogP contribution is 2.45. The molecule has 28 heavy (non-hydrogen) atoms. The SMILES string of the molecule is COc1cc(C=C2C(C)=C(OC(C)=O)c3ccc(S)cc32)cc(OC)c1OC. The number of methoxy groups -OCH3 is 3. The van der Waals surface area contributed by atoms with Gasteiger partial charge < -0.3 is 18.9 Å². The molecule has 0 radical (unpaired) electrons. The molecule has 0 spiro atoms. The molecule has 0 amide bonds. The van der Waals surface area contributed by atoms with Crippen molar-refractivity contribution in [2.45, 2.75) is 18.7 Å². The zero-order valence-corrected chi connectivity index (χ0v) is 17.3. The van der Waals surface area contributed by atoms with Gasteiger partial charge in [-0.25, -0.2) is 0 Å². The number of hydrogen-bond donors (Lipinski definition) is 1. The smallest absolute Gasteiger partial charge is 0.308 e. The normalized spacial score (nSPS) is 14.1. The Hall–Kier alpha value is -2.86. The van der Waals surface area contributed by atoms with Crippen molar-refractivity contribution in [1.82, 2.24) is 0 Å². The molecule has 5 nitrogen and oxygen atoms in total. The van der Waals surface area contributed by atoms with Crippen molar-refractivity contribution < 1.29 is 23.7 Å². The van der Waals surface area contributed by atoms with Crippen LogP contribution in [0.2, 0.25) is 0 Å². The molecule has 0 N–H and O–H groups in total. The number of fused-ring (bicyclic) bond motifs is 1. The number of hydrogen-bond acceptors (Lipinski definition) is 6. The van der Waals surface area contributed by atoms with Gasteiger partial charge in [-0.1, -0.05) is 0 Å². The zero-order valence-electron chi connectivity index (χ0n) is 16.5. The van der Waals surface area contributed by atoms with Crippen LogP contribution in [0.4, 0.5) is 0 Å². The molecule has 0 fully saturated rings. The second-order valence-electron chi connectivity index (χ2n) is 6.29. The van der Waals surface area contributed by atoms with Gasteiger partial charge in [0.05, 0.1) is 21.3 Å². The number of carbonyl (C=O) groups excluding carboxylic acids is 1. The van der Waals surface area contributed by atoms with Crippen LogP contribution < -0.4 is 14.2 Å². The summed E-state index contributed by atoms with van der Waals surface area (Å²) in [5.74, 6) is 1.87. The Morgan fingerprint density at radius 1 is 0.964 bits per heavy atom. The Labute approximate surface area is 170 Å². The first-order valence-corrected chi connectivity index (χ1v) is 9.09. The molecule has 2 aromatic rings. The summed E-state index contributed by atoms with van der Waals surface area (Å²) in [6.45, 7) is 3.33. The van der Waals surface area contributed by atoms with Crippen LogP contribution in [0.25, 0.3) is 17.4 Å². The van der Waals surface area contributed by atoms with Crippen LogP contribution in [0, 0.1) is 0 Å². The lowest BCUT2D eigenvalue weighted by Gasteiger charge is -2.13. The van der Waals surface area contributed by atoms with E-state index in [4.69, 9.17) is 18.9 Å². The van der Waals surface area contributed by atoms with Crippen LogP contribution in [0.5, 0.6) is 17.2 Å². The van der Waals surface area contributed by atoms with Crippen LogP contribution in [0.15, 0.2) is 40.8 Å². The molecular weight excluding hydrogens is 376 g/mol. The van der Waals surface area contributed by atoms with Gasteiger partial charge in [0.25, 0.3) is 0 Å². The lowest BCUT2D eigenvalue weighted by Crippen LogP contribution is -1.98. The Balaban J connectivity index is 2.20. The third-order valence-electron chi connectivity index (χ3n) is 4.53. The van der Waals surface area contributed by atoms with Gasteiger partial charge in [-0.15, -0.1) is 12.6 Å². The highest BCUT2D eigenvalue weighted by molar-refractivity contribution is 7.80. The summed E-state index contributed by atoms with van der Waals surface area (Å²) in [5.41, 5.74) is 4.50.